The zero-order valence-electron chi connectivity index (χ0n) is 10.2. The summed E-state index contributed by atoms with van der Waals surface area (Å²) in [5.41, 5.74) is 0.923. The van der Waals surface area contributed by atoms with E-state index in [1.807, 2.05) is 0 Å². The second-order valence-corrected chi connectivity index (χ2v) is 5.53. The van der Waals surface area contributed by atoms with E-state index in [2.05, 4.69) is 10.3 Å². The van der Waals surface area contributed by atoms with Crippen LogP contribution in [0.2, 0.25) is 0 Å². The molecule has 7 nitrogen and oxygen atoms in total. The van der Waals surface area contributed by atoms with Gasteiger partial charge < -0.3 is 10.3 Å². The zero-order valence-corrected chi connectivity index (χ0v) is 11.0. The molecule has 0 unspecified atom stereocenters. The highest BCUT2D eigenvalue weighted by molar-refractivity contribution is 7.89. The van der Waals surface area contributed by atoms with Crippen LogP contribution in [0.25, 0.3) is 0 Å². The molecule has 0 saturated carbocycles. The van der Waals surface area contributed by atoms with Crippen molar-refractivity contribution in [1.82, 2.24) is 4.98 Å². The first-order valence-corrected chi connectivity index (χ1v) is 7.03. The predicted molar refractivity (Wildman–Crippen MR) is 71.9 cm³/mol. The number of aldehydes is 1. The first-order valence-electron chi connectivity index (χ1n) is 5.48. The highest BCUT2D eigenvalue weighted by Crippen LogP contribution is 2.13. The van der Waals surface area contributed by atoms with Gasteiger partial charge in [-0.15, -0.1) is 0 Å². The summed E-state index contributed by atoms with van der Waals surface area (Å²) < 4.78 is 22.2. The van der Waals surface area contributed by atoms with Crippen molar-refractivity contribution in [3.8, 4) is 0 Å². The average Bonchev–Trinajstić information content (AvgIpc) is 2.87. The summed E-state index contributed by atoms with van der Waals surface area (Å²) in [6, 6.07) is 8.36. The summed E-state index contributed by atoms with van der Waals surface area (Å²) in [6.07, 6.45) is 0.595. The van der Waals surface area contributed by atoms with Gasteiger partial charge in [-0.3, -0.25) is 9.59 Å². The predicted octanol–water partition coefficient (Wildman–Crippen LogP) is 0.727. The summed E-state index contributed by atoms with van der Waals surface area (Å²) in [4.78, 5) is 24.9. The molecule has 1 aromatic heterocycles. The van der Waals surface area contributed by atoms with Gasteiger partial charge in [0.2, 0.25) is 10.0 Å². The number of aromatic nitrogens is 1. The Balaban J connectivity index is 2.14. The molecular formula is C12H11N3O4S. The molecule has 2 rings (SSSR count). The minimum absolute atomic E-state index is 0.0430. The lowest BCUT2D eigenvalue weighted by molar-refractivity contribution is 0.102. The number of benzene rings is 1. The van der Waals surface area contributed by atoms with E-state index in [9.17, 15) is 18.0 Å². The first kappa shape index (κ1) is 14.0. The number of H-pyrrole nitrogens is 1. The number of hydrogen-bond acceptors (Lipinski definition) is 4. The van der Waals surface area contributed by atoms with E-state index in [0.717, 1.165) is 0 Å². The van der Waals surface area contributed by atoms with Gasteiger partial charge in [-0.2, -0.15) is 0 Å². The molecule has 0 saturated heterocycles. The monoisotopic (exact) mass is 293 g/mol. The number of aromatic amines is 1. The van der Waals surface area contributed by atoms with Crippen LogP contribution in [0.4, 0.5) is 5.69 Å². The smallest absolute Gasteiger partial charge is 0.272 e. The maximum atomic E-state index is 11.8. The maximum absolute atomic E-state index is 11.8. The summed E-state index contributed by atoms with van der Waals surface area (Å²) in [7, 11) is -3.76. The number of rotatable bonds is 4. The van der Waals surface area contributed by atoms with Gasteiger partial charge in [-0.1, -0.05) is 0 Å². The van der Waals surface area contributed by atoms with E-state index in [1.54, 1.807) is 0 Å². The molecular weight excluding hydrogens is 282 g/mol. The lowest BCUT2D eigenvalue weighted by atomic mass is 10.3. The van der Waals surface area contributed by atoms with E-state index < -0.39 is 15.9 Å². The minimum Gasteiger partial charge on any atom is -0.348 e. The fourth-order valence-electron chi connectivity index (χ4n) is 1.54. The highest BCUT2D eigenvalue weighted by atomic mass is 32.2. The minimum atomic E-state index is -3.76. The van der Waals surface area contributed by atoms with E-state index in [-0.39, 0.29) is 10.6 Å². The number of sulfonamides is 1. The SMILES string of the molecule is NS(=O)(=O)c1ccc(NC(=O)c2ccc(C=O)[nH]2)cc1. The largest absolute Gasteiger partial charge is 0.348 e. The van der Waals surface area contributed by atoms with Gasteiger partial charge in [0, 0.05) is 5.69 Å². The molecule has 0 radical (unpaired) electrons. The number of hydrogen-bond donors (Lipinski definition) is 3. The molecule has 1 heterocycles. The Morgan fingerprint density at radius 1 is 1.15 bits per heavy atom. The van der Waals surface area contributed by atoms with Crippen LogP contribution < -0.4 is 10.5 Å². The van der Waals surface area contributed by atoms with Crippen molar-refractivity contribution in [1.29, 1.82) is 0 Å². The van der Waals surface area contributed by atoms with Crippen molar-refractivity contribution in [2.24, 2.45) is 5.14 Å². The topological polar surface area (TPSA) is 122 Å². The molecule has 0 aliphatic rings. The van der Waals surface area contributed by atoms with Gasteiger partial charge in [0.25, 0.3) is 5.91 Å². The normalized spacial score (nSPS) is 11.1. The molecule has 0 bridgehead atoms. The zero-order chi connectivity index (χ0) is 14.8. The van der Waals surface area contributed by atoms with Gasteiger partial charge in [0.1, 0.15) is 5.69 Å². The Morgan fingerprint density at radius 2 is 1.80 bits per heavy atom. The van der Waals surface area contributed by atoms with Crippen LogP contribution in [-0.4, -0.2) is 25.6 Å². The molecule has 1 amide bonds. The van der Waals surface area contributed by atoms with Gasteiger partial charge in [-0.05, 0) is 36.4 Å². The lowest BCUT2D eigenvalue weighted by Crippen LogP contribution is -2.14. The molecule has 8 heteroatoms. The Morgan fingerprint density at radius 3 is 2.30 bits per heavy atom. The molecule has 20 heavy (non-hydrogen) atoms. The standard InChI is InChI=1S/C12H11N3O4S/c13-20(18,19)10-4-1-8(2-5-10)15-12(17)11-6-3-9(7-16)14-11/h1-7,14H,(H,15,17)(H2,13,18,19). The van der Waals surface area contributed by atoms with Crippen molar-refractivity contribution in [2.45, 2.75) is 4.90 Å². The van der Waals surface area contributed by atoms with Crippen LogP contribution in [0.3, 0.4) is 0 Å². The second kappa shape index (κ2) is 5.27. The van der Waals surface area contributed by atoms with Crippen molar-refractivity contribution in [2.75, 3.05) is 5.32 Å². The van der Waals surface area contributed by atoms with Gasteiger partial charge >= 0.3 is 0 Å². The van der Waals surface area contributed by atoms with E-state index in [1.165, 1.54) is 36.4 Å². The van der Waals surface area contributed by atoms with Gasteiger partial charge in [-0.25, -0.2) is 13.6 Å². The fraction of sp³-hybridized carbons (Fsp3) is 0. The molecule has 104 valence electrons. The number of anilines is 1. The Kier molecular flexibility index (Phi) is 3.68. The van der Waals surface area contributed by atoms with Gasteiger partial charge in [0.15, 0.2) is 6.29 Å². The number of carbonyl (C=O) groups excluding carboxylic acids is 2. The van der Waals surface area contributed by atoms with Crippen LogP contribution >= 0.6 is 0 Å². The molecule has 0 spiro atoms. The van der Waals surface area contributed by atoms with Gasteiger partial charge in [0.05, 0.1) is 10.6 Å². The van der Waals surface area contributed by atoms with E-state index >= 15 is 0 Å². The number of carbonyl (C=O) groups is 2. The summed E-state index contributed by atoms with van der Waals surface area (Å²) in [6.45, 7) is 0. The van der Waals surface area contributed by atoms with Crippen LogP contribution in [-0.2, 0) is 10.0 Å². The van der Waals surface area contributed by atoms with E-state index in [4.69, 9.17) is 5.14 Å². The Labute approximate surface area is 114 Å². The number of primary sulfonamides is 1. The molecule has 0 fully saturated rings. The molecule has 0 atom stereocenters. The quantitative estimate of drug-likeness (QED) is 0.719. The van der Waals surface area contributed by atoms with Crippen LogP contribution in [0.5, 0.6) is 0 Å². The number of nitrogens with one attached hydrogen (secondary N) is 2. The van der Waals surface area contributed by atoms with Crippen molar-refractivity contribution in [3.05, 3.63) is 47.8 Å². The average molecular weight is 293 g/mol. The van der Waals surface area contributed by atoms with Crippen molar-refractivity contribution in [3.63, 3.8) is 0 Å². The fourth-order valence-corrected chi connectivity index (χ4v) is 2.05. The highest BCUT2D eigenvalue weighted by Gasteiger charge is 2.10. The maximum Gasteiger partial charge on any atom is 0.272 e. The molecule has 0 aliphatic carbocycles. The first-order chi connectivity index (χ1) is 9.40. The number of amides is 1. The van der Waals surface area contributed by atoms with E-state index in [0.29, 0.717) is 17.7 Å². The third-order valence-corrected chi connectivity index (χ3v) is 3.45. The van der Waals surface area contributed by atoms with Crippen LogP contribution in [0.1, 0.15) is 21.0 Å². The van der Waals surface area contributed by atoms with Crippen molar-refractivity contribution < 1.29 is 18.0 Å². The third kappa shape index (κ3) is 3.11. The molecule has 4 N–H and O–H groups in total. The summed E-state index contributed by atoms with van der Waals surface area (Å²) in [5, 5.41) is 7.52. The van der Waals surface area contributed by atoms with Crippen LogP contribution in [0, 0.1) is 0 Å². The third-order valence-electron chi connectivity index (χ3n) is 2.52. The summed E-state index contributed by atoms with van der Waals surface area (Å²) >= 11 is 0. The molecule has 1 aromatic carbocycles. The second-order valence-electron chi connectivity index (χ2n) is 3.97. The molecule has 0 aliphatic heterocycles. The Bertz CT molecular complexity index is 747. The Hall–Kier alpha value is -2.45. The lowest BCUT2D eigenvalue weighted by Gasteiger charge is -2.04. The number of nitrogens with two attached hydrogens (primary N) is 1. The molecule has 2 aromatic rings. The van der Waals surface area contributed by atoms with Crippen molar-refractivity contribution >= 4 is 27.9 Å². The van der Waals surface area contributed by atoms with Crippen LogP contribution in [0.15, 0.2) is 41.3 Å². The summed E-state index contributed by atoms with van der Waals surface area (Å²) in [5.74, 6) is -0.443.